The van der Waals surface area contributed by atoms with E-state index in [1.54, 1.807) is 18.3 Å². The van der Waals surface area contributed by atoms with Gasteiger partial charge in [-0.3, -0.25) is 14.6 Å². The third-order valence-electron chi connectivity index (χ3n) is 4.16. The second kappa shape index (κ2) is 7.23. The maximum Gasteiger partial charge on any atom is 0.256 e. The van der Waals surface area contributed by atoms with E-state index in [-0.39, 0.29) is 11.1 Å². The van der Waals surface area contributed by atoms with Crippen molar-refractivity contribution in [2.75, 3.05) is 5.32 Å². The molecule has 0 aliphatic carbocycles. The Morgan fingerprint density at radius 3 is 2.73 bits per heavy atom. The summed E-state index contributed by atoms with van der Waals surface area (Å²) in [5, 5.41) is 3.21. The molecule has 26 heavy (non-hydrogen) atoms. The van der Waals surface area contributed by atoms with Gasteiger partial charge in [0, 0.05) is 23.7 Å². The van der Waals surface area contributed by atoms with Gasteiger partial charge in [0.2, 0.25) is 0 Å². The van der Waals surface area contributed by atoms with Crippen molar-refractivity contribution in [2.24, 2.45) is 5.73 Å². The average Bonchev–Trinajstić information content (AvgIpc) is 2.63. The van der Waals surface area contributed by atoms with Crippen LogP contribution < -0.4 is 16.6 Å². The van der Waals surface area contributed by atoms with Crippen molar-refractivity contribution >= 4 is 17.3 Å². The van der Waals surface area contributed by atoms with Crippen LogP contribution in [-0.2, 0) is 6.42 Å². The van der Waals surface area contributed by atoms with E-state index < -0.39 is 5.91 Å². The highest BCUT2D eigenvalue weighted by atomic mass is 16.1. The zero-order valence-corrected chi connectivity index (χ0v) is 14.7. The van der Waals surface area contributed by atoms with Crippen LogP contribution >= 0.6 is 0 Å². The largest absolute Gasteiger partial charge is 0.365 e. The highest BCUT2D eigenvalue weighted by Crippen LogP contribution is 2.26. The molecule has 4 N–H and O–H groups in total. The second-order valence-corrected chi connectivity index (χ2v) is 6.04. The second-order valence-electron chi connectivity index (χ2n) is 6.04. The molecule has 3 rings (SSSR count). The first-order chi connectivity index (χ1) is 12.5. The minimum absolute atomic E-state index is 0.150. The lowest BCUT2D eigenvalue weighted by Crippen LogP contribution is -2.16. The molecule has 0 aliphatic heterocycles. The Hall–Kier alpha value is -3.41. The van der Waals surface area contributed by atoms with E-state index >= 15 is 0 Å². The number of carbonyl (C=O) groups is 1. The quantitative estimate of drug-likeness (QED) is 0.659. The number of pyridine rings is 2. The number of nitrogens with two attached hydrogens (primary N) is 1. The van der Waals surface area contributed by atoms with Crippen LogP contribution in [0, 0.1) is 6.92 Å². The number of aromatic amines is 1. The normalized spacial score (nSPS) is 10.5. The number of amides is 1. The Morgan fingerprint density at radius 2 is 2.04 bits per heavy atom. The molecule has 0 spiro atoms. The van der Waals surface area contributed by atoms with Crippen LogP contribution in [0.15, 0.2) is 53.6 Å². The fourth-order valence-corrected chi connectivity index (χ4v) is 2.83. The van der Waals surface area contributed by atoms with Gasteiger partial charge in [-0.1, -0.05) is 36.8 Å². The summed E-state index contributed by atoms with van der Waals surface area (Å²) in [6.07, 6.45) is 3.62. The summed E-state index contributed by atoms with van der Waals surface area (Å²) in [6, 6.07) is 11.2. The van der Waals surface area contributed by atoms with E-state index in [1.165, 1.54) is 6.20 Å². The molecule has 2 aromatic heterocycles. The number of aromatic nitrogens is 2. The van der Waals surface area contributed by atoms with Gasteiger partial charge in [0.15, 0.2) is 0 Å². The van der Waals surface area contributed by atoms with E-state index in [0.717, 1.165) is 22.5 Å². The van der Waals surface area contributed by atoms with Gasteiger partial charge >= 0.3 is 0 Å². The van der Waals surface area contributed by atoms with E-state index in [4.69, 9.17) is 5.73 Å². The van der Waals surface area contributed by atoms with Gasteiger partial charge in [-0.15, -0.1) is 0 Å². The Morgan fingerprint density at radius 1 is 1.23 bits per heavy atom. The first kappa shape index (κ1) is 17.4. The highest BCUT2D eigenvalue weighted by Gasteiger charge is 2.13. The van der Waals surface area contributed by atoms with Crippen LogP contribution in [0.25, 0.3) is 11.1 Å². The minimum atomic E-state index is -0.568. The lowest BCUT2D eigenvalue weighted by atomic mass is 10.0. The number of primary amides is 1. The van der Waals surface area contributed by atoms with Crippen molar-refractivity contribution in [1.29, 1.82) is 0 Å². The number of H-pyrrole nitrogens is 1. The molecule has 0 saturated carbocycles. The highest BCUT2D eigenvalue weighted by molar-refractivity contribution is 5.99. The fourth-order valence-electron chi connectivity index (χ4n) is 2.83. The number of aryl methyl sites for hydroxylation is 2. The predicted molar refractivity (Wildman–Crippen MR) is 103 cm³/mol. The van der Waals surface area contributed by atoms with E-state index in [9.17, 15) is 9.59 Å². The smallest absolute Gasteiger partial charge is 0.256 e. The van der Waals surface area contributed by atoms with Crippen molar-refractivity contribution in [3.05, 3.63) is 76.0 Å². The number of benzene rings is 1. The average molecular weight is 348 g/mol. The maximum atomic E-state index is 12.5. The Kier molecular flexibility index (Phi) is 4.84. The van der Waals surface area contributed by atoms with E-state index in [0.29, 0.717) is 17.7 Å². The molecule has 1 amide bonds. The van der Waals surface area contributed by atoms with Gasteiger partial charge in [0.1, 0.15) is 0 Å². The summed E-state index contributed by atoms with van der Waals surface area (Å²) in [5.41, 5.74) is 10.0. The molecule has 3 aromatic rings. The molecular formula is C20H20N4O2. The first-order valence-corrected chi connectivity index (χ1v) is 8.33. The number of carbonyl (C=O) groups excluding carboxylic acids is 1. The zero-order chi connectivity index (χ0) is 18.7. The maximum absolute atomic E-state index is 12.5. The summed E-state index contributed by atoms with van der Waals surface area (Å²) in [7, 11) is 0. The molecule has 0 atom stereocenters. The summed E-state index contributed by atoms with van der Waals surface area (Å²) < 4.78 is 0. The number of anilines is 2. The van der Waals surface area contributed by atoms with Gasteiger partial charge in [0.25, 0.3) is 11.5 Å². The molecule has 6 heteroatoms. The molecule has 0 radical (unpaired) electrons. The van der Waals surface area contributed by atoms with Gasteiger partial charge in [0.05, 0.1) is 16.9 Å². The van der Waals surface area contributed by atoms with Gasteiger partial charge in [-0.2, -0.15) is 0 Å². The lowest BCUT2D eigenvalue weighted by molar-refractivity contribution is 0.100. The molecule has 0 bridgehead atoms. The van der Waals surface area contributed by atoms with Gasteiger partial charge in [-0.05, 0) is 31.0 Å². The van der Waals surface area contributed by atoms with Crippen LogP contribution in [0.3, 0.4) is 0 Å². The zero-order valence-electron chi connectivity index (χ0n) is 14.7. The fraction of sp³-hybridized carbons (Fsp3) is 0.150. The summed E-state index contributed by atoms with van der Waals surface area (Å²) in [5.74, 6) is -0.568. The molecule has 132 valence electrons. The van der Waals surface area contributed by atoms with Crippen LogP contribution in [-0.4, -0.2) is 15.9 Å². The molecule has 0 unspecified atom stereocenters. The van der Waals surface area contributed by atoms with Gasteiger partial charge in [-0.25, -0.2) is 0 Å². The number of nitrogens with zero attached hydrogens (tertiary/aromatic N) is 1. The van der Waals surface area contributed by atoms with Crippen LogP contribution in [0.5, 0.6) is 0 Å². The third kappa shape index (κ3) is 3.49. The number of hydrogen-bond acceptors (Lipinski definition) is 4. The molecule has 0 aliphatic rings. The van der Waals surface area contributed by atoms with Crippen molar-refractivity contribution < 1.29 is 4.79 Å². The molecule has 1 aromatic carbocycles. The molecule has 6 nitrogen and oxygen atoms in total. The Labute approximate surface area is 151 Å². The van der Waals surface area contributed by atoms with Crippen molar-refractivity contribution in [1.82, 2.24) is 9.97 Å². The van der Waals surface area contributed by atoms with Crippen LogP contribution in [0.4, 0.5) is 11.4 Å². The van der Waals surface area contributed by atoms with E-state index in [2.05, 4.69) is 15.3 Å². The SMILES string of the molecule is CCc1[nH]c(=O)c(-c2cccc(C)c2)cc1Nc1ccncc1C(N)=O. The first-order valence-electron chi connectivity index (χ1n) is 8.33. The summed E-state index contributed by atoms with van der Waals surface area (Å²) in [4.78, 5) is 31.0. The molecule has 0 fully saturated rings. The van der Waals surface area contributed by atoms with Gasteiger partial charge < -0.3 is 16.0 Å². The Balaban J connectivity index is 2.11. The van der Waals surface area contributed by atoms with Crippen LogP contribution in [0.2, 0.25) is 0 Å². The molecule has 0 saturated heterocycles. The molecular weight excluding hydrogens is 328 g/mol. The molecule has 2 heterocycles. The summed E-state index contributed by atoms with van der Waals surface area (Å²) >= 11 is 0. The number of hydrogen-bond donors (Lipinski definition) is 3. The summed E-state index contributed by atoms with van der Waals surface area (Å²) in [6.45, 7) is 3.93. The Bertz CT molecular complexity index is 1020. The third-order valence-corrected chi connectivity index (χ3v) is 4.16. The number of rotatable bonds is 5. The minimum Gasteiger partial charge on any atom is -0.365 e. The van der Waals surface area contributed by atoms with Crippen molar-refractivity contribution in [3.63, 3.8) is 0 Å². The monoisotopic (exact) mass is 348 g/mol. The standard InChI is InChI=1S/C20H20N4O2/c1-3-16-18(23-17-7-8-22-11-15(17)19(21)25)10-14(20(26)24-16)13-6-4-5-12(2)9-13/h4-11H,3H2,1-2H3,(H2,21,25)(H,22,23)(H,24,26). The lowest BCUT2D eigenvalue weighted by Gasteiger charge is -2.14. The van der Waals surface area contributed by atoms with Crippen molar-refractivity contribution in [2.45, 2.75) is 20.3 Å². The van der Waals surface area contributed by atoms with E-state index in [1.807, 2.05) is 38.1 Å². The van der Waals surface area contributed by atoms with Crippen molar-refractivity contribution in [3.8, 4) is 11.1 Å². The number of nitrogens with one attached hydrogen (secondary N) is 2. The predicted octanol–water partition coefficient (Wildman–Crippen LogP) is 3.15. The topological polar surface area (TPSA) is 101 Å². The van der Waals surface area contributed by atoms with Crippen LogP contribution in [0.1, 0.15) is 28.5 Å².